The summed E-state index contributed by atoms with van der Waals surface area (Å²) in [5.74, 6) is 0.533. The minimum absolute atomic E-state index is 0.0817. The fraction of sp³-hybridized carbons (Fsp3) is 0.160. The highest BCUT2D eigenvalue weighted by atomic mass is 35.5. The molecule has 8 nitrogen and oxygen atoms in total. The largest absolute Gasteiger partial charge is 0.332 e. The van der Waals surface area contributed by atoms with Gasteiger partial charge in [-0.25, -0.2) is 4.98 Å². The molecular formula is C25H21ClN6O2. The number of nitrogens with zero attached hydrogens (tertiary/aromatic N) is 5. The average molecular weight is 473 g/mol. The van der Waals surface area contributed by atoms with E-state index in [0.717, 1.165) is 33.4 Å². The molecule has 34 heavy (non-hydrogen) atoms. The molecule has 0 atom stereocenters. The fourth-order valence-corrected chi connectivity index (χ4v) is 4.12. The number of anilines is 2. The van der Waals surface area contributed by atoms with E-state index in [1.165, 1.54) is 0 Å². The van der Waals surface area contributed by atoms with Crippen molar-refractivity contribution < 1.29 is 4.52 Å². The first-order chi connectivity index (χ1) is 16.3. The number of aryl methyl sites for hydroxylation is 4. The second-order valence-corrected chi connectivity index (χ2v) is 8.53. The first-order valence-electron chi connectivity index (χ1n) is 10.6. The molecule has 0 fully saturated rings. The number of nitrogens with one attached hydrogen (secondary N) is 1. The van der Waals surface area contributed by atoms with Crippen molar-refractivity contribution >= 4 is 34.1 Å². The summed E-state index contributed by atoms with van der Waals surface area (Å²) in [6, 6.07) is 13.1. The van der Waals surface area contributed by atoms with Gasteiger partial charge in [-0.1, -0.05) is 17.7 Å². The number of aromatic nitrogens is 5. The molecule has 170 valence electrons. The van der Waals surface area contributed by atoms with Crippen LogP contribution in [0.25, 0.3) is 33.5 Å². The third-order valence-corrected chi connectivity index (χ3v) is 5.96. The summed E-state index contributed by atoms with van der Waals surface area (Å²) < 4.78 is 7.02. The maximum Gasteiger partial charge on any atom is 0.268 e. The fourth-order valence-electron chi connectivity index (χ4n) is 3.85. The predicted molar refractivity (Wildman–Crippen MR) is 132 cm³/mol. The van der Waals surface area contributed by atoms with Crippen LogP contribution in [0.15, 0.2) is 58.0 Å². The first kappa shape index (κ1) is 21.8. The monoisotopic (exact) mass is 472 g/mol. The molecule has 0 aliphatic rings. The van der Waals surface area contributed by atoms with Crippen molar-refractivity contribution in [3.8, 4) is 22.6 Å². The van der Waals surface area contributed by atoms with Gasteiger partial charge in [-0.15, -0.1) is 0 Å². The Labute approximate surface area is 200 Å². The van der Waals surface area contributed by atoms with Gasteiger partial charge in [0.2, 0.25) is 0 Å². The van der Waals surface area contributed by atoms with E-state index in [9.17, 15) is 4.79 Å². The zero-order chi connectivity index (χ0) is 24.0. The molecule has 0 aliphatic heterocycles. The van der Waals surface area contributed by atoms with Crippen molar-refractivity contribution in [2.75, 3.05) is 5.32 Å². The van der Waals surface area contributed by atoms with E-state index >= 15 is 0 Å². The summed E-state index contributed by atoms with van der Waals surface area (Å²) in [6.45, 7) is 5.73. The predicted octanol–water partition coefficient (Wildman–Crippen LogP) is 5.37. The second kappa shape index (κ2) is 8.39. The summed E-state index contributed by atoms with van der Waals surface area (Å²) in [4.78, 5) is 26.2. The van der Waals surface area contributed by atoms with Crippen molar-refractivity contribution in [2.45, 2.75) is 20.8 Å². The van der Waals surface area contributed by atoms with Crippen LogP contribution in [-0.2, 0) is 7.05 Å². The van der Waals surface area contributed by atoms with Gasteiger partial charge in [-0.05, 0) is 73.5 Å². The lowest BCUT2D eigenvalue weighted by Gasteiger charge is -2.12. The van der Waals surface area contributed by atoms with Gasteiger partial charge >= 0.3 is 0 Å². The summed E-state index contributed by atoms with van der Waals surface area (Å²) >= 11 is 6.22. The van der Waals surface area contributed by atoms with Crippen LogP contribution in [-0.4, -0.2) is 24.7 Å². The highest BCUT2D eigenvalue weighted by molar-refractivity contribution is 6.31. The van der Waals surface area contributed by atoms with Gasteiger partial charge in [-0.2, -0.15) is 4.98 Å². The van der Waals surface area contributed by atoms with Crippen LogP contribution < -0.4 is 10.9 Å². The number of benzene rings is 1. The van der Waals surface area contributed by atoms with Crippen LogP contribution in [0.2, 0.25) is 5.15 Å². The molecule has 4 heterocycles. The van der Waals surface area contributed by atoms with Crippen LogP contribution in [0.5, 0.6) is 0 Å². The Morgan fingerprint density at radius 3 is 2.56 bits per heavy atom. The molecule has 4 aromatic heterocycles. The molecule has 0 unspecified atom stereocenters. The molecule has 0 amide bonds. The SMILES string of the molecule is Cc1cc2c(cn1)cc(-c1cc(Nc3noc(-c4ccc(C)nc4Cl)n3)ccc1C)c(=O)n2C. The summed E-state index contributed by atoms with van der Waals surface area (Å²) in [7, 11) is 1.77. The minimum atomic E-state index is -0.0817. The van der Waals surface area contributed by atoms with Crippen molar-refractivity contribution in [1.82, 2.24) is 24.7 Å². The Balaban J connectivity index is 1.51. The van der Waals surface area contributed by atoms with E-state index in [2.05, 4.69) is 25.4 Å². The molecule has 5 aromatic rings. The molecule has 5 rings (SSSR count). The quantitative estimate of drug-likeness (QED) is 0.351. The number of hydrogen-bond donors (Lipinski definition) is 1. The normalized spacial score (nSPS) is 11.2. The number of hydrogen-bond acceptors (Lipinski definition) is 7. The number of halogens is 1. The Kier molecular flexibility index (Phi) is 5.37. The summed E-state index contributed by atoms with van der Waals surface area (Å²) in [6.07, 6.45) is 1.79. The van der Waals surface area contributed by atoms with Crippen LogP contribution in [0.1, 0.15) is 17.0 Å². The lowest BCUT2D eigenvalue weighted by atomic mass is 9.99. The Bertz CT molecular complexity index is 1620. The Hall–Kier alpha value is -4.04. The highest BCUT2D eigenvalue weighted by Gasteiger charge is 2.15. The third kappa shape index (κ3) is 3.92. The molecule has 1 aromatic carbocycles. The number of fused-ring (bicyclic) bond motifs is 1. The maximum absolute atomic E-state index is 13.2. The number of rotatable bonds is 4. The Morgan fingerprint density at radius 2 is 1.76 bits per heavy atom. The van der Waals surface area contributed by atoms with E-state index in [4.69, 9.17) is 16.1 Å². The van der Waals surface area contributed by atoms with Crippen LogP contribution >= 0.6 is 11.6 Å². The van der Waals surface area contributed by atoms with E-state index in [-0.39, 0.29) is 17.4 Å². The van der Waals surface area contributed by atoms with Gasteiger partial charge < -0.3 is 14.4 Å². The first-order valence-corrected chi connectivity index (χ1v) is 11.0. The molecule has 0 saturated heterocycles. The highest BCUT2D eigenvalue weighted by Crippen LogP contribution is 2.29. The zero-order valence-electron chi connectivity index (χ0n) is 19.0. The van der Waals surface area contributed by atoms with E-state index in [1.54, 1.807) is 23.9 Å². The summed E-state index contributed by atoms with van der Waals surface area (Å²) in [5.41, 5.74) is 6.05. The third-order valence-electron chi connectivity index (χ3n) is 5.67. The van der Waals surface area contributed by atoms with E-state index in [0.29, 0.717) is 22.0 Å². The molecule has 0 radical (unpaired) electrons. The molecule has 0 saturated carbocycles. The van der Waals surface area contributed by atoms with Crippen LogP contribution in [0, 0.1) is 20.8 Å². The molecule has 0 bridgehead atoms. The lowest BCUT2D eigenvalue weighted by molar-refractivity contribution is 0.432. The second-order valence-electron chi connectivity index (χ2n) is 8.18. The van der Waals surface area contributed by atoms with Crippen molar-refractivity contribution in [3.63, 3.8) is 0 Å². The average Bonchev–Trinajstić information content (AvgIpc) is 3.26. The molecule has 9 heteroatoms. The van der Waals surface area contributed by atoms with Gasteiger partial charge in [0.1, 0.15) is 5.15 Å². The van der Waals surface area contributed by atoms with E-state index in [1.807, 2.05) is 57.2 Å². The minimum Gasteiger partial charge on any atom is -0.332 e. The Morgan fingerprint density at radius 1 is 0.941 bits per heavy atom. The van der Waals surface area contributed by atoms with Gasteiger partial charge in [0.05, 0.1) is 11.1 Å². The smallest absolute Gasteiger partial charge is 0.268 e. The van der Waals surface area contributed by atoms with Crippen molar-refractivity contribution in [1.29, 1.82) is 0 Å². The number of pyridine rings is 3. The van der Waals surface area contributed by atoms with Gasteiger partial charge in [0, 0.05) is 41.3 Å². The maximum atomic E-state index is 13.2. The topological polar surface area (TPSA) is 98.7 Å². The van der Waals surface area contributed by atoms with Crippen molar-refractivity contribution in [3.05, 3.63) is 81.1 Å². The van der Waals surface area contributed by atoms with Gasteiger partial charge in [-0.3, -0.25) is 9.78 Å². The summed E-state index contributed by atoms with van der Waals surface area (Å²) in [5, 5.41) is 8.33. The molecule has 1 N–H and O–H groups in total. The van der Waals surface area contributed by atoms with E-state index < -0.39 is 0 Å². The van der Waals surface area contributed by atoms with Gasteiger partial charge in [0.15, 0.2) is 0 Å². The molecular weight excluding hydrogens is 452 g/mol. The van der Waals surface area contributed by atoms with Crippen LogP contribution in [0.4, 0.5) is 11.6 Å². The zero-order valence-corrected chi connectivity index (χ0v) is 19.8. The van der Waals surface area contributed by atoms with Crippen molar-refractivity contribution in [2.24, 2.45) is 7.05 Å². The molecule has 0 aliphatic carbocycles. The standard InChI is InChI=1S/C25H21ClN6O2/c1-13-5-7-17(29-25-30-23(34-31-25)18-8-6-14(2)28-22(18)26)11-19(13)20-10-16-12-27-15(3)9-21(16)32(4)24(20)33/h5-12H,1-4H3,(H,29,31). The van der Waals surface area contributed by atoms with Gasteiger partial charge in [0.25, 0.3) is 17.4 Å². The van der Waals surface area contributed by atoms with Crippen LogP contribution in [0.3, 0.4) is 0 Å². The lowest BCUT2D eigenvalue weighted by Crippen LogP contribution is -2.19. The molecule has 0 spiro atoms.